The maximum Gasteiger partial charge on any atom is 0.418 e. The van der Waals surface area contributed by atoms with Crippen LogP contribution in [0.25, 0.3) is 0 Å². The molecule has 2 aromatic heterocycles. The first-order chi connectivity index (χ1) is 14.4. The Bertz CT molecular complexity index is 958. The molecule has 1 aliphatic heterocycles. The number of piperazine rings is 1. The lowest BCUT2D eigenvalue weighted by Crippen LogP contribution is -2.56. The van der Waals surface area contributed by atoms with Crippen molar-refractivity contribution in [3.05, 3.63) is 47.3 Å². The number of hydrogen-bond acceptors (Lipinski definition) is 6. The van der Waals surface area contributed by atoms with Gasteiger partial charge >= 0.3 is 6.18 Å². The Hall–Kier alpha value is -2.75. The number of aromatic nitrogens is 2. The number of anilines is 2. The summed E-state index contributed by atoms with van der Waals surface area (Å²) in [6, 6.07) is 4.58. The second kappa shape index (κ2) is 8.41. The van der Waals surface area contributed by atoms with Gasteiger partial charge in [-0.2, -0.15) is 13.2 Å². The Morgan fingerprint density at radius 3 is 2.58 bits per heavy atom. The molecule has 0 amide bonds. The van der Waals surface area contributed by atoms with E-state index in [0.29, 0.717) is 19.6 Å². The van der Waals surface area contributed by atoms with Crippen LogP contribution < -0.4 is 16.0 Å². The third-order valence-corrected chi connectivity index (χ3v) is 5.70. The van der Waals surface area contributed by atoms with Gasteiger partial charge in [0.25, 0.3) is 0 Å². The summed E-state index contributed by atoms with van der Waals surface area (Å²) >= 11 is 0. The van der Waals surface area contributed by atoms with Gasteiger partial charge in [0.05, 0.1) is 11.1 Å². The standard InChI is InChI=1S/C21H25F4N5O/c1-12(20(2,3)22)15-11-30(10-9-27-15)16-7-6-14(21(23,24)25)17(29-16)18(31)13-5-4-8-28-19(13)26/h4-8,12,15,27H,9-11H2,1-3H3,(H2,26,28). The number of carbonyl (C=O) groups is 1. The van der Waals surface area contributed by atoms with E-state index in [0.717, 1.165) is 6.07 Å². The van der Waals surface area contributed by atoms with Crippen LogP contribution in [0.3, 0.4) is 0 Å². The Morgan fingerprint density at radius 2 is 1.97 bits per heavy atom. The quantitative estimate of drug-likeness (QED) is 0.548. The highest BCUT2D eigenvalue weighted by molar-refractivity contribution is 6.11. The summed E-state index contributed by atoms with van der Waals surface area (Å²) in [6.45, 7) is 6.06. The lowest BCUT2D eigenvalue weighted by molar-refractivity contribution is -0.138. The van der Waals surface area contributed by atoms with E-state index >= 15 is 0 Å². The van der Waals surface area contributed by atoms with Crippen LogP contribution in [-0.4, -0.2) is 47.1 Å². The molecular formula is C21H25F4N5O. The van der Waals surface area contributed by atoms with Crippen molar-refractivity contribution >= 4 is 17.4 Å². The number of ketones is 1. The molecule has 6 nitrogen and oxygen atoms in total. The number of rotatable bonds is 5. The SMILES string of the molecule is CC(C1CN(c2ccc(C(F)(F)F)c(C(=O)c3cccnc3N)n2)CCN1)C(C)(C)F. The molecule has 1 saturated heterocycles. The van der Waals surface area contributed by atoms with Crippen LogP contribution in [0.5, 0.6) is 0 Å². The van der Waals surface area contributed by atoms with E-state index < -0.39 is 28.9 Å². The number of hydrogen-bond donors (Lipinski definition) is 2. The lowest BCUT2D eigenvalue weighted by atomic mass is 9.86. The van der Waals surface area contributed by atoms with E-state index in [1.54, 1.807) is 11.8 Å². The molecule has 0 aromatic carbocycles. The van der Waals surface area contributed by atoms with E-state index in [4.69, 9.17) is 5.73 Å². The zero-order chi connectivity index (χ0) is 23.0. The van der Waals surface area contributed by atoms with Gasteiger partial charge in [0.15, 0.2) is 0 Å². The fourth-order valence-corrected chi connectivity index (χ4v) is 3.56. The van der Waals surface area contributed by atoms with E-state index in [2.05, 4.69) is 15.3 Å². The largest absolute Gasteiger partial charge is 0.418 e. The van der Waals surface area contributed by atoms with Crippen molar-refractivity contribution in [3.63, 3.8) is 0 Å². The number of pyridine rings is 2. The van der Waals surface area contributed by atoms with Gasteiger partial charge in [-0.3, -0.25) is 4.79 Å². The Kier molecular flexibility index (Phi) is 6.22. The Labute approximate surface area is 177 Å². The molecule has 2 unspecified atom stereocenters. The number of halogens is 4. The number of carbonyl (C=O) groups excluding carboxylic acids is 1. The van der Waals surface area contributed by atoms with E-state index in [-0.39, 0.29) is 29.2 Å². The van der Waals surface area contributed by atoms with E-state index in [1.165, 1.54) is 38.2 Å². The van der Waals surface area contributed by atoms with Crippen LogP contribution >= 0.6 is 0 Å². The highest BCUT2D eigenvalue weighted by atomic mass is 19.4. The molecule has 0 saturated carbocycles. The van der Waals surface area contributed by atoms with E-state index in [9.17, 15) is 22.4 Å². The maximum absolute atomic E-state index is 14.4. The van der Waals surface area contributed by atoms with Gasteiger partial charge in [-0.25, -0.2) is 14.4 Å². The molecule has 168 valence electrons. The summed E-state index contributed by atoms with van der Waals surface area (Å²) in [7, 11) is 0. The van der Waals surface area contributed by atoms with Crippen LogP contribution in [0, 0.1) is 5.92 Å². The average molecular weight is 439 g/mol. The van der Waals surface area contributed by atoms with Crippen molar-refractivity contribution in [3.8, 4) is 0 Å². The van der Waals surface area contributed by atoms with Crippen molar-refractivity contribution in [1.82, 2.24) is 15.3 Å². The molecule has 0 bridgehead atoms. The zero-order valence-corrected chi connectivity index (χ0v) is 17.5. The summed E-state index contributed by atoms with van der Waals surface area (Å²) < 4.78 is 55.2. The number of nitrogens with one attached hydrogen (secondary N) is 1. The maximum atomic E-state index is 14.4. The second-order valence-electron chi connectivity index (χ2n) is 8.19. The molecule has 3 heterocycles. The number of nitrogen functional groups attached to an aromatic ring is 1. The van der Waals surface area contributed by atoms with E-state index in [1.807, 2.05) is 0 Å². The van der Waals surface area contributed by atoms with Crippen LogP contribution in [-0.2, 0) is 6.18 Å². The van der Waals surface area contributed by atoms with Gasteiger partial charge in [-0.1, -0.05) is 6.92 Å². The molecule has 0 aliphatic carbocycles. The minimum atomic E-state index is -4.77. The van der Waals surface area contributed by atoms with Gasteiger partial charge in [-0.05, 0) is 38.1 Å². The molecule has 1 aliphatic rings. The van der Waals surface area contributed by atoms with Crippen molar-refractivity contribution in [2.24, 2.45) is 5.92 Å². The number of nitrogens with zero attached hydrogens (tertiary/aromatic N) is 3. The highest BCUT2D eigenvalue weighted by Crippen LogP contribution is 2.34. The average Bonchev–Trinajstić information content (AvgIpc) is 2.71. The third-order valence-electron chi connectivity index (χ3n) is 5.70. The Balaban J connectivity index is 1.99. The monoisotopic (exact) mass is 439 g/mol. The molecule has 0 spiro atoms. The first kappa shape index (κ1) is 22.9. The summed E-state index contributed by atoms with van der Waals surface area (Å²) in [5.74, 6) is -1.26. The second-order valence-corrected chi connectivity index (χ2v) is 8.19. The first-order valence-corrected chi connectivity index (χ1v) is 9.90. The minimum absolute atomic E-state index is 0.149. The van der Waals surface area contributed by atoms with Crippen molar-refractivity contribution in [2.45, 2.75) is 38.7 Å². The minimum Gasteiger partial charge on any atom is -0.383 e. The predicted molar refractivity (Wildman–Crippen MR) is 110 cm³/mol. The summed E-state index contributed by atoms with van der Waals surface area (Å²) in [5.41, 5.74) is 2.23. The first-order valence-electron chi connectivity index (χ1n) is 9.90. The van der Waals surface area contributed by atoms with Crippen molar-refractivity contribution < 1.29 is 22.4 Å². The molecule has 3 rings (SSSR count). The molecule has 1 fully saturated rings. The summed E-state index contributed by atoms with van der Waals surface area (Å²) in [4.78, 5) is 22.5. The van der Waals surface area contributed by atoms with Crippen LogP contribution in [0.1, 0.15) is 42.4 Å². The van der Waals surface area contributed by atoms with Gasteiger partial charge in [0.1, 0.15) is 23.0 Å². The van der Waals surface area contributed by atoms with Crippen molar-refractivity contribution in [2.75, 3.05) is 30.3 Å². The van der Waals surface area contributed by atoms with Crippen molar-refractivity contribution in [1.29, 1.82) is 0 Å². The normalized spacial score (nSPS) is 18.7. The molecule has 10 heteroatoms. The highest BCUT2D eigenvalue weighted by Gasteiger charge is 2.38. The van der Waals surface area contributed by atoms with Crippen LogP contribution in [0.4, 0.5) is 29.2 Å². The third kappa shape index (κ3) is 4.95. The van der Waals surface area contributed by atoms with Crippen LogP contribution in [0.15, 0.2) is 30.5 Å². The molecule has 2 aromatic rings. The molecule has 0 radical (unpaired) electrons. The molecule has 31 heavy (non-hydrogen) atoms. The Morgan fingerprint density at radius 1 is 1.26 bits per heavy atom. The predicted octanol–water partition coefficient (Wildman–Crippen LogP) is 3.47. The number of alkyl halides is 4. The fourth-order valence-electron chi connectivity index (χ4n) is 3.56. The lowest BCUT2D eigenvalue weighted by Gasteiger charge is -2.40. The summed E-state index contributed by atoms with van der Waals surface area (Å²) in [6.07, 6.45) is -3.43. The van der Waals surface area contributed by atoms with Gasteiger partial charge in [0.2, 0.25) is 5.78 Å². The van der Waals surface area contributed by atoms with Gasteiger partial charge in [0, 0.05) is 37.8 Å². The number of nitrogens with two attached hydrogens (primary N) is 1. The van der Waals surface area contributed by atoms with Gasteiger partial charge < -0.3 is 16.0 Å². The topological polar surface area (TPSA) is 84.1 Å². The fraction of sp³-hybridized carbons (Fsp3) is 0.476. The zero-order valence-electron chi connectivity index (χ0n) is 17.5. The molecule has 3 N–H and O–H groups in total. The summed E-state index contributed by atoms with van der Waals surface area (Å²) in [5, 5.41) is 3.25. The van der Waals surface area contributed by atoms with Gasteiger partial charge in [-0.15, -0.1) is 0 Å². The van der Waals surface area contributed by atoms with Crippen LogP contribution in [0.2, 0.25) is 0 Å². The molecular weight excluding hydrogens is 414 g/mol. The smallest absolute Gasteiger partial charge is 0.383 e. The molecule has 2 atom stereocenters.